The van der Waals surface area contributed by atoms with Gasteiger partial charge in [-0.3, -0.25) is 0 Å². The number of methoxy groups -OCH3 is 3. The minimum atomic E-state index is -0.912. The molecule has 1 heterocycles. The minimum Gasteiger partial charge on any atom is -0.496 e. The quantitative estimate of drug-likeness (QED) is 0.516. The van der Waals surface area contributed by atoms with Crippen LogP contribution in [0.15, 0.2) is 29.4 Å². The Hall–Kier alpha value is -1.82. The van der Waals surface area contributed by atoms with Gasteiger partial charge in [0, 0.05) is 25.3 Å². The van der Waals surface area contributed by atoms with Gasteiger partial charge in [-0.15, -0.1) is 0 Å². The summed E-state index contributed by atoms with van der Waals surface area (Å²) in [7, 11) is 4.87. The van der Waals surface area contributed by atoms with Crippen molar-refractivity contribution < 1.29 is 23.7 Å². The van der Waals surface area contributed by atoms with Gasteiger partial charge in [0.1, 0.15) is 18.1 Å². The maximum absolute atomic E-state index is 6.09. The average molecular weight is 391 g/mol. The van der Waals surface area contributed by atoms with Crippen molar-refractivity contribution in [1.29, 1.82) is 0 Å². The topological polar surface area (TPSA) is 46.2 Å². The van der Waals surface area contributed by atoms with Crippen LogP contribution in [-0.4, -0.2) is 27.9 Å². The molecule has 2 rings (SSSR count). The van der Waals surface area contributed by atoms with Crippen LogP contribution >= 0.6 is 0 Å². The van der Waals surface area contributed by atoms with Gasteiger partial charge >= 0.3 is 0 Å². The number of allylic oxidation sites excluding steroid dienone is 3. The highest BCUT2D eigenvalue weighted by molar-refractivity contribution is 5.57. The zero-order chi connectivity index (χ0) is 20.9. The van der Waals surface area contributed by atoms with E-state index in [-0.39, 0.29) is 0 Å². The number of fused-ring (bicyclic) bond motifs is 1. The molecule has 0 aliphatic carbocycles. The van der Waals surface area contributed by atoms with Crippen LogP contribution < -0.4 is 9.47 Å². The second-order valence-corrected chi connectivity index (χ2v) is 7.51. The molecule has 0 N–H and O–H groups in total. The zero-order valence-corrected chi connectivity index (χ0v) is 18.5. The van der Waals surface area contributed by atoms with E-state index in [2.05, 4.69) is 32.9 Å². The molecule has 1 aromatic rings. The Labute approximate surface area is 169 Å². The smallest absolute Gasteiger partial charge is 0.195 e. The molecule has 5 nitrogen and oxygen atoms in total. The fourth-order valence-electron chi connectivity index (χ4n) is 3.39. The Bertz CT molecular complexity index is 746. The van der Waals surface area contributed by atoms with Crippen molar-refractivity contribution in [3.05, 3.63) is 46.1 Å². The first-order valence-corrected chi connectivity index (χ1v) is 9.66. The monoisotopic (exact) mass is 390 g/mol. The predicted octanol–water partition coefficient (Wildman–Crippen LogP) is 5.57. The Kier molecular flexibility index (Phi) is 7.70. The third-order valence-corrected chi connectivity index (χ3v) is 5.15. The van der Waals surface area contributed by atoms with E-state index in [9.17, 15) is 0 Å². The molecule has 0 bridgehead atoms. The van der Waals surface area contributed by atoms with E-state index in [1.54, 1.807) is 21.3 Å². The van der Waals surface area contributed by atoms with Crippen molar-refractivity contribution in [2.24, 2.45) is 0 Å². The molecule has 0 fully saturated rings. The van der Waals surface area contributed by atoms with Crippen molar-refractivity contribution in [1.82, 2.24) is 0 Å². The van der Waals surface area contributed by atoms with Gasteiger partial charge in [-0.2, -0.15) is 0 Å². The molecule has 0 aromatic heterocycles. The van der Waals surface area contributed by atoms with Crippen LogP contribution in [0.3, 0.4) is 0 Å². The summed E-state index contributed by atoms with van der Waals surface area (Å²) in [6.45, 7) is 10.7. The number of ether oxygens (including phenoxy) is 5. The van der Waals surface area contributed by atoms with Gasteiger partial charge in [-0.25, -0.2) is 0 Å². The number of benzene rings is 1. The number of hydrogen-bond donors (Lipinski definition) is 0. The van der Waals surface area contributed by atoms with Crippen molar-refractivity contribution in [3.63, 3.8) is 0 Å². The molecular weight excluding hydrogens is 356 g/mol. The van der Waals surface area contributed by atoms with Crippen LogP contribution in [0.4, 0.5) is 0 Å². The first-order chi connectivity index (χ1) is 13.3. The summed E-state index contributed by atoms with van der Waals surface area (Å²) in [5.41, 5.74) is 5.30. The van der Waals surface area contributed by atoms with Gasteiger partial charge in [-0.05, 0) is 59.6 Å². The van der Waals surface area contributed by atoms with Crippen molar-refractivity contribution >= 4 is 0 Å². The van der Waals surface area contributed by atoms with E-state index in [1.165, 1.54) is 11.1 Å². The molecule has 1 aliphatic heterocycles. The molecule has 28 heavy (non-hydrogen) atoms. The SMILES string of the molecule is COc1c(C)c(OCC=C(C)CCC=C(C)C)cc2c1[C@H](OC)O[C@@]2(C)OC. The molecule has 0 saturated carbocycles. The Morgan fingerprint density at radius 2 is 1.89 bits per heavy atom. The third-order valence-electron chi connectivity index (χ3n) is 5.15. The van der Waals surface area contributed by atoms with E-state index in [4.69, 9.17) is 23.7 Å². The summed E-state index contributed by atoms with van der Waals surface area (Å²) in [5.74, 6) is 0.558. The highest BCUT2D eigenvalue weighted by atomic mass is 16.8. The largest absolute Gasteiger partial charge is 0.496 e. The van der Waals surface area contributed by atoms with Crippen LogP contribution in [0.5, 0.6) is 11.5 Å². The molecule has 0 radical (unpaired) electrons. The molecule has 0 saturated heterocycles. The maximum atomic E-state index is 6.09. The number of hydrogen-bond acceptors (Lipinski definition) is 5. The maximum Gasteiger partial charge on any atom is 0.195 e. The summed E-state index contributed by atoms with van der Waals surface area (Å²) in [4.78, 5) is 0. The molecule has 0 amide bonds. The molecule has 156 valence electrons. The highest BCUT2D eigenvalue weighted by Crippen LogP contribution is 2.51. The van der Waals surface area contributed by atoms with Crippen LogP contribution in [0.1, 0.15) is 63.5 Å². The van der Waals surface area contributed by atoms with E-state index in [0.717, 1.165) is 35.3 Å². The van der Waals surface area contributed by atoms with Crippen LogP contribution in [0.2, 0.25) is 0 Å². The molecule has 0 unspecified atom stereocenters. The Morgan fingerprint density at radius 3 is 2.46 bits per heavy atom. The molecular formula is C23H34O5. The fraction of sp³-hybridized carbons (Fsp3) is 0.565. The van der Waals surface area contributed by atoms with E-state index in [1.807, 2.05) is 19.9 Å². The first kappa shape index (κ1) is 22.5. The van der Waals surface area contributed by atoms with Crippen molar-refractivity contribution in [3.8, 4) is 11.5 Å². The summed E-state index contributed by atoms with van der Waals surface area (Å²) in [6, 6.07) is 1.97. The zero-order valence-electron chi connectivity index (χ0n) is 18.5. The lowest BCUT2D eigenvalue weighted by Crippen LogP contribution is -2.23. The molecule has 2 atom stereocenters. The average Bonchev–Trinajstić information content (AvgIpc) is 2.94. The standard InChI is InChI=1S/C23H34O5/c1-15(2)10-9-11-16(3)12-13-27-19-14-18-20(21(24-6)17(19)4)22(25-7)28-23(18,5)26-8/h10,12,14,22H,9,11,13H2,1-8H3/t22-,23-/m1/s1. The van der Waals surface area contributed by atoms with Crippen molar-refractivity contribution in [2.75, 3.05) is 27.9 Å². The Balaban J connectivity index is 2.25. The molecule has 1 aliphatic rings. The fourth-order valence-corrected chi connectivity index (χ4v) is 3.39. The van der Waals surface area contributed by atoms with Crippen LogP contribution in [-0.2, 0) is 20.0 Å². The van der Waals surface area contributed by atoms with Gasteiger partial charge in [0.2, 0.25) is 0 Å². The normalized spacial score (nSPS) is 21.4. The van der Waals surface area contributed by atoms with Crippen molar-refractivity contribution in [2.45, 2.75) is 59.5 Å². The van der Waals surface area contributed by atoms with Gasteiger partial charge in [-0.1, -0.05) is 17.2 Å². The van der Waals surface area contributed by atoms with E-state index < -0.39 is 12.1 Å². The summed E-state index contributed by atoms with van der Waals surface area (Å²) in [5, 5.41) is 0. The molecule has 0 spiro atoms. The van der Waals surface area contributed by atoms with Gasteiger partial charge < -0.3 is 23.7 Å². The number of rotatable bonds is 9. The van der Waals surface area contributed by atoms with E-state index >= 15 is 0 Å². The second kappa shape index (κ2) is 9.59. The highest BCUT2D eigenvalue weighted by Gasteiger charge is 2.45. The third kappa shape index (κ3) is 4.77. The predicted molar refractivity (Wildman–Crippen MR) is 111 cm³/mol. The lowest BCUT2D eigenvalue weighted by atomic mass is 9.98. The summed E-state index contributed by atoms with van der Waals surface area (Å²) >= 11 is 0. The summed E-state index contributed by atoms with van der Waals surface area (Å²) < 4.78 is 28.9. The van der Waals surface area contributed by atoms with Crippen LogP contribution in [0.25, 0.3) is 0 Å². The van der Waals surface area contributed by atoms with Crippen LogP contribution in [0, 0.1) is 6.92 Å². The second-order valence-electron chi connectivity index (χ2n) is 7.51. The van der Waals surface area contributed by atoms with E-state index in [0.29, 0.717) is 12.4 Å². The molecule has 1 aromatic carbocycles. The minimum absolute atomic E-state index is 0.502. The lowest BCUT2D eigenvalue weighted by molar-refractivity contribution is -0.280. The van der Waals surface area contributed by atoms with Gasteiger partial charge in [0.15, 0.2) is 12.1 Å². The molecule has 5 heteroatoms. The first-order valence-electron chi connectivity index (χ1n) is 9.66. The van der Waals surface area contributed by atoms with Gasteiger partial charge in [0.25, 0.3) is 0 Å². The van der Waals surface area contributed by atoms with Gasteiger partial charge in [0.05, 0.1) is 12.7 Å². The lowest BCUT2D eigenvalue weighted by Gasteiger charge is -2.24. The Morgan fingerprint density at radius 1 is 1.18 bits per heavy atom. The summed E-state index contributed by atoms with van der Waals surface area (Å²) in [6.07, 6.45) is 5.93.